The summed E-state index contributed by atoms with van der Waals surface area (Å²) >= 11 is 0. The van der Waals surface area contributed by atoms with Crippen molar-refractivity contribution in [2.75, 3.05) is 25.0 Å². The lowest BCUT2D eigenvalue weighted by Crippen LogP contribution is -2.50. The van der Waals surface area contributed by atoms with Gasteiger partial charge in [-0.3, -0.25) is 9.78 Å². The van der Waals surface area contributed by atoms with Crippen molar-refractivity contribution in [3.63, 3.8) is 0 Å². The van der Waals surface area contributed by atoms with Crippen LogP contribution in [-0.2, 0) is 4.79 Å². The molecule has 1 amide bonds. The monoisotopic (exact) mass is 291 g/mol. The first kappa shape index (κ1) is 17.2. The van der Waals surface area contributed by atoms with Crippen LogP contribution < -0.4 is 10.2 Å². The molecule has 1 saturated heterocycles. The lowest BCUT2D eigenvalue weighted by molar-refractivity contribution is -0.123. The average molecular weight is 292 g/mol. The van der Waals surface area contributed by atoms with E-state index in [1.54, 1.807) is 17.3 Å². The Hall–Kier alpha value is -0.840. The van der Waals surface area contributed by atoms with Crippen LogP contribution in [0.15, 0.2) is 24.5 Å². The fraction of sp³-hybridized carbons (Fsp3) is 0.500. The first-order chi connectivity index (χ1) is 7.70. The van der Waals surface area contributed by atoms with Crippen LogP contribution in [0.1, 0.15) is 6.92 Å². The summed E-state index contributed by atoms with van der Waals surface area (Å²) in [6, 6.07) is 3.74. The minimum atomic E-state index is 0. The summed E-state index contributed by atoms with van der Waals surface area (Å²) in [5, 5.41) is 3.19. The molecule has 1 unspecified atom stereocenters. The van der Waals surface area contributed by atoms with Crippen molar-refractivity contribution in [3.8, 4) is 0 Å². The second kappa shape index (κ2) is 7.56. The first-order valence-corrected chi connectivity index (χ1v) is 5.58. The Bertz CT molecular complexity index is 371. The van der Waals surface area contributed by atoms with Gasteiger partial charge in [-0.25, -0.2) is 0 Å². The van der Waals surface area contributed by atoms with E-state index in [2.05, 4.69) is 10.3 Å². The van der Waals surface area contributed by atoms with Crippen molar-refractivity contribution in [2.45, 2.75) is 6.92 Å². The van der Waals surface area contributed by atoms with E-state index < -0.39 is 0 Å². The van der Waals surface area contributed by atoms with Crippen molar-refractivity contribution >= 4 is 36.4 Å². The summed E-state index contributed by atoms with van der Waals surface area (Å²) in [6.45, 7) is 3.91. The molecule has 1 aromatic heterocycles. The molecule has 1 atom stereocenters. The average Bonchev–Trinajstić information content (AvgIpc) is 2.26. The van der Waals surface area contributed by atoms with Gasteiger partial charge < -0.3 is 10.2 Å². The number of nitrogens with zero attached hydrogens (tertiary/aromatic N) is 2. The van der Waals surface area contributed by atoms with E-state index in [4.69, 9.17) is 0 Å². The molecule has 0 spiro atoms. The lowest BCUT2D eigenvalue weighted by Gasteiger charge is -2.33. The van der Waals surface area contributed by atoms with Crippen LogP contribution in [0, 0.1) is 11.8 Å². The van der Waals surface area contributed by atoms with Gasteiger partial charge in [-0.05, 0) is 31.1 Å². The Balaban J connectivity index is 0.00000144. The molecule has 4 nitrogen and oxygen atoms in total. The minimum Gasteiger partial charge on any atom is -0.316 e. The number of carbonyl (C=O) groups excluding carboxylic acids is 1. The van der Waals surface area contributed by atoms with E-state index in [9.17, 15) is 4.79 Å². The van der Waals surface area contributed by atoms with E-state index in [0.29, 0.717) is 5.92 Å². The van der Waals surface area contributed by atoms with Crippen LogP contribution in [0.5, 0.6) is 0 Å². The number of rotatable bonds is 3. The zero-order valence-corrected chi connectivity index (χ0v) is 12.1. The molecular weight excluding hydrogens is 273 g/mol. The number of nitrogens with one attached hydrogen (secondary N) is 1. The Morgan fingerprint density at radius 1 is 1.50 bits per heavy atom. The van der Waals surface area contributed by atoms with E-state index in [-0.39, 0.29) is 36.6 Å². The zero-order chi connectivity index (χ0) is 11.5. The normalized spacial score (nSPS) is 15.7. The third kappa shape index (κ3) is 3.57. The van der Waals surface area contributed by atoms with Crippen LogP contribution >= 0.6 is 24.8 Å². The van der Waals surface area contributed by atoms with Crippen molar-refractivity contribution in [2.24, 2.45) is 11.8 Å². The molecule has 1 fully saturated rings. The number of pyridine rings is 1. The van der Waals surface area contributed by atoms with Crippen molar-refractivity contribution in [1.29, 1.82) is 0 Å². The summed E-state index contributed by atoms with van der Waals surface area (Å²) in [4.78, 5) is 17.9. The number of halogens is 2. The van der Waals surface area contributed by atoms with Crippen LogP contribution in [0.25, 0.3) is 0 Å². The van der Waals surface area contributed by atoms with E-state index in [1.165, 1.54) is 0 Å². The largest absolute Gasteiger partial charge is 0.316 e. The third-order valence-electron chi connectivity index (χ3n) is 3.27. The van der Waals surface area contributed by atoms with Crippen molar-refractivity contribution in [1.82, 2.24) is 10.3 Å². The maximum Gasteiger partial charge on any atom is 0.229 e. The predicted molar refractivity (Wildman–Crippen MR) is 77.7 cm³/mol. The summed E-state index contributed by atoms with van der Waals surface area (Å²) in [6.07, 6.45) is 3.42. The summed E-state index contributed by atoms with van der Waals surface area (Å²) in [7, 11) is 1.81. The van der Waals surface area contributed by atoms with Gasteiger partial charge in [0.2, 0.25) is 5.91 Å². The maximum atomic E-state index is 12.1. The van der Waals surface area contributed by atoms with E-state index >= 15 is 0 Å². The highest BCUT2D eigenvalue weighted by atomic mass is 35.5. The van der Waals surface area contributed by atoms with Gasteiger partial charge in [0.1, 0.15) is 0 Å². The molecule has 2 rings (SSSR count). The second-order valence-electron chi connectivity index (χ2n) is 4.32. The van der Waals surface area contributed by atoms with Crippen LogP contribution in [0.4, 0.5) is 5.69 Å². The second-order valence-corrected chi connectivity index (χ2v) is 4.32. The standard InChI is InChI=1S/C12H17N3O.2ClH/c1-9(10-6-14-7-10)12(16)15(2)11-4-3-5-13-8-11;;/h3-5,8-10,14H,6-7H2,1-2H3;2*1H. The number of amides is 1. The van der Waals surface area contributed by atoms with Gasteiger partial charge in [0, 0.05) is 19.2 Å². The molecule has 2 heterocycles. The van der Waals surface area contributed by atoms with Gasteiger partial charge in [0.15, 0.2) is 0 Å². The van der Waals surface area contributed by atoms with E-state index in [1.807, 2.05) is 26.1 Å². The van der Waals surface area contributed by atoms with Crippen molar-refractivity contribution < 1.29 is 4.79 Å². The molecule has 0 bridgehead atoms. The van der Waals surface area contributed by atoms with Gasteiger partial charge in [0.25, 0.3) is 0 Å². The molecule has 0 aromatic carbocycles. The van der Waals surface area contributed by atoms with Gasteiger partial charge in [-0.2, -0.15) is 0 Å². The maximum absolute atomic E-state index is 12.1. The Kier molecular flexibility index (Phi) is 7.21. The Morgan fingerprint density at radius 2 is 2.17 bits per heavy atom. The smallest absolute Gasteiger partial charge is 0.229 e. The molecular formula is C12H19Cl2N3O. The Labute approximate surface area is 120 Å². The van der Waals surface area contributed by atoms with Crippen molar-refractivity contribution in [3.05, 3.63) is 24.5 Å². The highest BCUT2D eigenvalue weighted by Crippen LogP contribution is 2.20. The van der Waals surface area contributed by atoms with Gasteiger partial charge in [0.05, 0.1) is 11.9 Å². The molecule has 0 radical (unpaired) electrons. The van der Waals surface area contributed by atoms with Gasteiger partial charge in [-0.15, -0.1) is 24.8 Å². The summed E-state index contributed by atoms with van der Waals surface area (Å²) in [5.41, 5.74) is 0.853. The molecule has 1 aliphatic rings. The molecule has 1 aliphatic heterocycles. The van der Waals surface area contributed by atoms with Gasteiger partial charge in [-0.1, -0.05) is 6.92 Å². The fourth-order valence-electron chi connectivity index (χ4n) is 1.85. The molecule has 102 valence electrons. The van der Waals surface area contributed by atoms with Gasteiger partial charge >= 0.3 is 0 Å². The number of hydrogen-bond acceptors (Lipinski definition) is 3. The third-order valence-corrected chi connectivity index (χ3v) is 3.27. The Morgan fingerprint density at radius 3 is 2.61 bits per heavy atom. The van der Waals surface area contributed by atoms with Crippen LogP contribution in [0.2, 0.25) is 0 Å². The number of hydrogen-bond donors (Lipinski definition) is 1. The molecule has 1 N–H and O–H groups in total. The number of carbonyl (C=O) groups is 1. The zero-order valence-electron chi connectivity index (χ0n) is 10.5. The number of anilines is 1. The SMILES string of the molecule is CC(C(=O)N(C)c1cccnc1)C1CNC1.Cl.Cl. The predicted octanol–water partition coefficient (Wildman–Crippen LogP) is 1.74. The minimum absolute atomic E-state index is 0. The molecule has 0 saturated carbocycles. The fourth-order valence-corrected chi connectivity index (χ4v) is 1.85. The first-order valence-electron chi connectivity index (χ1n) is 5.58. The summed E-state index contributed by atoms with van der Waals surface area (Å²) in [5.74, 6) is 0.720. The summed E-state index contributed by atoms with van der Waals surface area (Å²) < 4.78 is 0. The van der Waals surface area contributed by atoms with Crippen LogP contribution in [-0.4, -0.2) is 31.0 Å². The molecule has 18 heavy (non-hydrogen) atoms. The topological polar surface area (TPSA) is 45.2 Å². The lowest BCUT2D eigenvalue weighted by atomic mass is 9.88. The molecule has 1 aromatic rings. The molecule has 0 aliphatic carbocycles. The quantitative estimate of drug-likeness (QED) is 0.923. The van der Waals surface area contributed by atoms with Crippen LogP contribution in [0.3, 0.4) is 0 Å². The highest BCUT2D eigenvalue weighted by Gasteiger charge is 2.30. The highest BCUT2D eigenvalue weighted by molar-refractivity contribution is 5.94. The van der Waals surface area contributed by atoms with E-state index in [0.717, 1.165) is 18.8 Å². The molecule has 6 heteroatoms. The number of aromatic nitrogens is 1.